The Morgan fingerprint density at radius 1 is 0.935 bits per heavy atom. The van der Waals surface area contributed by atoms with Crippen LogP contribution in [0.4, 0.5) is 0 Å². The van der Waals surface area contributed by atoms with Gasteiger partial charge in [-0.2, -0.15) is 0 Å². The summed E-state index contributed by atoms with van der Waals surface area (Å²) in [6.07, 6.45) is 0.344. The topological polar surface area (TPSA) is 43.8 Å². The van der Waals surface area contributed by atoms with Gasteiger partial charge < -0.3 is 10.0 Å². The van der Waals surface area contributed by atoms with E-state index in [2.05, 4.69) is 24.0 Å². The Labute approximate surface area is 184 Å². The molecule has 0 bridgehead atoms. The Kier molecular flexibility index (Phi) is 6.21. The molecule has 1 N–H and O–H groups in total. The van der Waals surface area contributed by atoms with Gasteiger partial charge in [-0.1, -0.05) is 91.0 Å². The second-order valence-corrected chi connectivity index (χ2v) is 8.43. The molecule has 0 spiro atoms. The molecular formula is C27H30N2O2. The lowest BCUT2D eigenvalue weighted by Crippen LogP contribution is -2.57. The minimum Gasteiger partial charge on any atom is -0.392 e. The smallest absolute Gasteiger partial charge is 0.236 e. The first-order valence-electron chi connectivity index (χ1n) is 10.9. The molecule has 4 nitrogen and oxygen atoms in total. The minimum absolute atomic E-state index is 0.0325. The lowest BCUT2D eigenvalue weighted by Gasteiger charge is -2.47. The summed E-state index contributed by atoms with van der Waals surface area (Å²) < 4.78 is 0. The molecule has 1 aliphatic heterocycles. The molecule has 0 saturated carbocycles. The lowest BCUT2D eigenvalue weighted by atomic mass is 9.88. The normalized spacial score (nSPS) is 18.6. The van der Waals surface area contributed by atoms with Crippen molar-refractivity contribution in [2.45, 2.75) is 31.0 Å². The van der Waals surface area contributed by atoms with Gasteiger partial charge in [0.25, 0.3) is 0 Å². The number of aliphatic hydroxyl groups is 1. The maximum atomic E-state index is 14.1. The number of β-amino-alcohol motifs (C(OH)–C–C–N with tert-alkyl or cyclic N) is 1. The van der Waals surface area contributed by atoms with Crippen LogP contribution in [0.3, 0.4) is 0 Å². The summed E-state index contributed by atoms with van der Waals surface area (Å²) in [6.45, 7) is 3.38. The first-order chi connectivity index (χ1) is 15.0. The zero-order valence-corrected chi connectivity index (χ0v) is 18.2. The standard InChI is InChI=1S/C27H30N2O2/c1-27(23-16-10-5-11-17-23,29-19-18-24(30)20-29)28(2)26(31)25(21-12-6-3-7-13-21)22-14-8-4-9-15-22/h3-17,24-25,30H,18-20H2,1-2H3. The van der Waals surface area contributed by atoms with Crippen molar-refractivity contribution in [2.24, 2.45) is 0 Å². The fraction of sp³-hybridized carbons (Fsp3) is 0.296. The van der Waals surface area contributed by atoms with E-state index in [9.17, 15) is 9.90 Å². The van der Waals surface area contributed by atoms with Crippen molar-refractivity contribution in [3.8, 4) is 0 Å². The number of nitrogens with zero attached hydrogens (tertiary/aromatic N) is 2. The number of aliphatic hydroxyl groups excluding tert-OH is 1. The molecule has 31 heavy (non-hydrogen) atoms. The fourth-order valence-corrected chi connectivity index (χ4v) is 4.66. The molecular weight excluding hydrogens is 384 g/mol. The van der Waals surface area contributed by atoms with Crippen molar-refractivity contribution in [3.05, 3.63) is 108 Å². The van der Waals surface area contributed by atoms with Crippen LogP contribution in [0.15, 0.2) is 91.0 Å². The van der Waals surface area contributed by atoms with Crippen molar-refractivity contribution in [1.82, 2.24) is 9.80 Å². The average molecular weight is 415 g/mol. The highest BCUT2D eigenvalue weighted by Gasteiger charge is 2.44. The second kappa shape index (κ2) is 9.04. The molecule has 1 heterocycles. The quantitative estimate of drug-likeness (QED) is 0.657. The van der Waals surface area contributed by atoms with Crippen LogP contribution in [0.1, 0.15) is 36.0 Å². The molecule has 1 saturated heterocycles. The molecule has 3 aromatic carbocycles. The molecule has 1 fully saturated rings. The molecule has 4 heteroatoms. The van der Waals surface area contributed by atoms with Crippen molar-refractivity contribution >= 4 is 5.91 Å². The Bertz CT molecular complexity index is 954. The van der Waals surface area contributed by atoms with Gasteiger partial charge >= 0.3 is 0 Å². The average Bonchev–Trinajstić information content (AvgIpc) is 3.27. The Hall–Kier alpha value is -2.95. The first kappa shape index (κ1) is 21.3. The van der Waals surface area contributed by atoms with Crippen LogP contribution in [-0.4, -0.2) is 47.1 Å². The minimum atomic E-state index is -0.669. The molecule has 1 amide bonds. The van der Waals surface area contributed by atoms with Crippen molar-refractivity contribution in [3.63, 3.8) is 0 Å². The molecule has 4 rings (SSSR count). The highest BCUT2D eigenvalue weighted by molar-refractivity contribution is 5.87. The molecule has 0 aliphatic carbocycles. The largest absolute Gasteiger partial charge is 0.392 e. The number of carbonyl (C=O) groups is 1. The maximum absolute atomic E-state index is 14.1. The van der Waals surface area contributed by atoms with Gasteiger partial charge in [-0.25, -0.2) is 0 Å². The third-order valence-electron chi connectivity index (χ3n) is 6.60. The molecule has 0 radical (unpaired) electrons. The van der Waals surface area contributed by atoms with Crippen LogP contribution >= 0.6 is 0 Å². The summed E-state index contributed by atoms with van der Waals surface area (Å²) in [4.78, 5) is 18.2. The van der Waals surface area contributed by atoms with Gasteiger partial charge in [-0.15, -0.1) is 0 Å². The SMILES string of the molecule is CN(C(=O)C(c1ccccc1)c1ccccc1)C(C)(c1ccccc1)N1CCC(O)C1. The number of hydrogen-bond acceptors (Lipinski definition) is 3. The summed E-state index contributed by atoms with van der Waals surface area (Å²) in [5, 5.41) is 10.3. The van der Waals surface area contributed by atoms with Gasteiger partial charge in [-0.3, -0.25) is 9.69 Å². The monoisotopic (exact) mass is 414 g/mol. The predicted molar refractivity (Wildman–Crippen MR) is 123 cm³/mol. The van der Waals surface area contributed by atoms with Crippen LogP contribution in [-0.2, 0) is 10.5 Å². The van der Waals surface area contributed by atoms with E-state index in [1.54, 1.807) is 0 Å². The van der Waals surface area contributed by atoms with E-state index < -0.39 is 11.6 Å². The van der Waals surface area contributed by atoms with E-state index in [1.165, 1.54) is 0 Å². The Balaban J connectivity index is 1.78. The highest BCUT2D eigenvalue weighted by atomic mass is 16.3. The van der Waals surface area contributed by atoms with Crippen molar-refractivity contribution in [2.75, 3.05) is 20.1 Å². The zero-order chi connectivity index (χ0) is 21.8. The number of likely N-dealkylation sites (N-methyl/N-ethyl adjacent to an activating group) is 1. The van der Waals surface area contributed by atoms with Gasteiger partial charge in [0.15, 0.2) is 0 Å². The van der Waals surface area contributed by atoms with Crippen molar-refractivity contribution in [1.29, 1.82) is 0 Å². The number of hydrogen-bond donors (Lipinski definition) is 1. The number of amides is 1. The van der Waals surface area contributed by atoms with Gasteiger partial charge in [-0.05, 0) is 30.0 Å². The van der Waals surface area contributed by atoms with E-state index in [4.69, 9.17) is 0 Å². The second-order valence-electron chi connectivity index (χ2n) is 8.43. The van der Waals surface area contributed by atoms with Gasteiger partial charge in [0, 0.05) is 20.1 Å². The molecule has 2 unspecified atom stereocenters. The van der Waals surface area contributed by atoms with E-state index >= 15 is 0 Å². The number of rotatable bonds is 6. The summed E-state index contributed by atoms with van der Waals surface area (Å²) >= 11 is 0. The number of carbonyl (C=O) groups excluding carboxylic acids is 1. The van der Waals surface area contributed by atoms with Crippen LogP contribution in [0.5, 0.6) is 0 Å². The highest BCUT2D eigenvalue weighted by Crippen LogP contribution is 2.37. The van der Waals surface area contributed by atoms with E-state index in [1.807, 2.05) is 90.8 Å². The summed E-state index contributed by atoms with van der Waals surface area (Å²) in [5.41, 5.74) is 2.32. The van der Waals surface area contributed by atoms with Crippen molar-refractivity contribution < 1.29 is 9.90 Å². The van der Waals surface area contributed by atoms with Gasteiger partial charge in [0.1, 0.15) is 5.66 Å². The maximum Gasteiger partial charge on any atom is 0.236 e. The summed E-state index contributed by atoms with van der Waals surface area (Å²) in [6, 6.07) is 30.0. The van der Waals surface area contributed by atoms with Gasteiger partial charge in [0.2, 0.25) is 5.91 Å². The van der Waals surface area contributed by atoms with Crippen LogP contribution < -0.4 is 0 Å². The van der Waals surface area contributed by atoms with E-state index in [0.29, 0.717) is 13.0 Å². The Morgan fingerprint density at radius 2 is 1.42 bits per heavy atom. The first-order valence-corrected chi connectivity index (χ1v) is 10.9. The predicted octanol–water partition coefficient (Wildman–Crippen LogP) is 4.22. The Morgan fingerprint density at radius 3 is 1.87 bits per heavy atom. The van der Waals surface area contributed by atoms with E-state index in [0.717, 1.165) is 23.2 Å². The van der Waals surface area contributed by atoms with Crippen LogP contribution in [0, 0.1) is 0 Å². The number of benzene rings is 3. The third kappa shape index (κ3) is 4.14. The molecule has 0 aromatic heterocycles. The summed E-state index contributed by atoms with van der Waals surface area (Å²) in [7, 11) is 1.89. The third-order valence-corrected chi connectivity index (χ3v) is 6.60. The zero-order valence-electron chi connectivity index (χ0n) is 18.2. The van der Waals surface area contributed by atoms with Gasteiger partial charge in [0.05, 0.1) is 12.0 Å². The molecule has 1 aliphatic rings. The molecule has 3 aromatic rings. The summed E-state index contributed by atoms with van der Waals surface area (Å²) in [5.74, 6) is -0.367. The van der Waals surface area contributed by atoms with Crippen LogP contribution in [0.25, 0.3) is 0 Å². The fourth-order valence-electron chi connectivity index (χ4n) is 4.66. The number of likely N-dealkylation sites (tertiary alicyclic amines) is 1. The lowest BCUT2D eigenvalue weighted by molar-refractivity contribution is -0.145. The molecule has 2 atom stereocenters. The van der Waals surface area contributed by atoms with Crippen LogP contribution in [0.2, 0.25) is 0 Å². The van der Waals surface area contributed by atoms with E-state index in [-0.39, 0.29) is 12.0 Å². The molecule has 160 valence electrons.